The molecule has 0 saturated carbocycles. The molecule has 6 heteroatoms. The summed E-state index contributed by atoms with van der Waals surface area (Å²) in [5.41, 5.74) is 1.89. The monoisotopic (exact) mass is 295 g/mol. The molecule has 92 valence electrons. The molecule has 3 nitrogen and oxygen atoms in total. The fourth-order valence-corrected chi connectivity index (χ4v) is 4.53. The molecule has 0 radical (unpaired) electrons. The molecule has 3 rings (SSSR count). The average Bonchev–Trinajstić information content (AvgIpc) is 2.69. The maximum Gasteiger partial charge on any atom is 0.263 e. The number of nitrogens with one attached hydrogen (secondary N) is 1. The van der Waals surface area contributed by atoms with E-state index in [1.54, 1.807) is 0 Å². The van der Waals surface area contributed by atoms with Crippen LogP contribution >= 0.6 is 24.0 Å². The second kappa shape index (κ2) is 4.70. The molecule has 0 aromatic heterocycles. The lowest BCUT2D eigenvalue weighted by molar-refractivity contribution is -0.115. The molecule has 1 saturated heterocycles. The lowest BCUT2D eigenvalue weighted by Crippen LogP contribution is -2.20. The normalized spacial score (nSPS) is 27.1. The SMILES string of the molecule is O=C1NC(=S)SC1=C1CC[S+]([O-])c2ccccc21. The van der Waals surface area contributed by atoms with E-state index in [0.29, 0.717) is 21.4 Å². The topological polar surface area (TPSA) is 52.2 Å². The van der Waals surface area contributed by atoms with E-state index in [-0.39, 0.29) is 5.91 Å². The molecule has 1 aromatic carbocycles. The van der Waals surface area contributed by atoms with Crippen LogP contribution < -0.4 is 5.32 Å². The number of amides is 1. The van der Waals surface area contributed by atoms with Crippen LogP contribution in [0.15, 0.2) is 34.1 Å². The van der Waals surface area contributed by atoms with Crippen LogP contribution in [0.5, 0.6) is 0 Å². The van der Waals surface area contributed by atoms with E-state index in [0.717, 1.165) is 16.0 Å². The molecule has 2 aliphatic rings. The highest BCUT2D eigenvalue weighted by Crippen LogP contribution is 2.39. The maximum absolute atomic E-state index is 11.9. The molecule has 1 N–H and O–H groups in total. The van der Waals surface area contributed by atoms with Crippen molar-refractivity contribution in [2.75, 3.05) is 5.75 Å². The highest BCUT2D eigenvalue weighted by atomic mass is 32.2. The van der Waals surface area contributed by atoms with Crippen molar-refractivity contribution in [3.8, 4) is 0 Å². The molecule has 2 aliphatic heterocycles. The number of carbonyl (C=O) groups is 1. The second-order valence-electron chi connectivity index (χ2n) is 3.95. The zero-order valence-corrected chi connectivity index (χ0v) is 11.7. The van der Waals surface area contributed by atoms with Crippen LogP contribution in [-0.4, -0.2) is 20.5 Å². The third-order valence-electron chi connectivity index (χ3n) is 2.89. The minimum atomic E-state index is -0.964. The summed E-state index contributed by atoms with van der Waals surface area (Å²) < 4.78 is 12.4. The summed E-state index contributed by atoms with van der Waals surface area (Å²) in [5, 5.41) is 2.63. The molecule has 0 aliphatic carbocycles. The summed E-state index contributed by atoms with van der Waals surface area (Å²) in [6, 6.07) is 7.56. The van der Waals surface area contributed by atoms with E-state index >= 15 is 0 Å². The number of thiocarbonyl (C=S) groups is 1. The van der Waals surface area contributed by atoms with Gasteiger partial charge >= 0.3 is 0 Å². The van der Waals surface area contributed by atoms with Gasteiger partial charge in [-0.1, -0.05) is 36.1 Å². The fraction of sp³-hybridized carbons (Fsp3) is 0.167. The molecule has 1 aromatic rings. The van der Waals surface area contributed by atoms with E-state index in [4.69, 9.17) is 12.2 Å². The molecular formula is C12H9NO2S3. The van der Waals surface area contributed by atoms with Crippen LogP contribution in [0.2, 0.25) is 0 Å². The third kappa shape index (κ3) is 1.99. The first-order valence-corrected chi connectivity index (χ1v) is 7.95. The second-order valence-corrected chi connectivity index (χ2v) is 7.17. The highest BCUT2D eigenvalue weighted by molar-refractivity contribution is 8.26. The van der Waals surface area contributed by atoms with Gasteiger partial charge in [-0.05, 0) is 28.9 Å². The molecule has 1 fully saturated rings. The summed E-state index contributed by atoms with van der Waals surface area (Å²) in [4.78, 5) is 13.3. The molecular weight excluding hydrogens is 286 g/mol. The van der Waals surface area contributed by atoms with Crippen molar-refractivity contribution in [3.63, 3.8) is 0 Å². The Morgan fingerprint density at radius 1 is 1.39 bits per heavy atom. The van der Waals surface area contributed by atoms with Gasteiger partial charge in [0.25, 0.3) is 5.91 Å². The lowest BCUT2D eigenvalue weighted by Gasteiger charge is -2.22. The molecule has 0 bridgehead atoms. The first kappa shape index (κ1) is 12.2. The van der Waals surface area contributed by atoms with Crippen molar-refractivity contribution >= 4 is 51.0 Å². The van der Waals surface area contributed by atoms with Crippen LogP contribution in [0.4, 0.5) is 0 Å². The predicted molar refractivity (Wildman–Crippen MR) is 77.6 cm³/mol. The Hall–Kier alpha value is -0.820. The quantitative estimate of drug-likeness (QED) is 0.452. The Labute approximate surface area is 117 Å². The highest BCUT2D eigenvalue weighted by Gasteiger charge is 2.32. The number of hydrogen-bond acceptors (Lipinski definition) is 4. The zero-order valence-electron chi connectivity index (χ0n) is 9.26. The van der Waals surface area contributed by atoms with Gasteiger partial charge in [0.15, 0.2) is 4.90 Å². The van der Waals surface area contributed by atoms with Crippen molar-refractivity contribution in [2.45, 2.75) is 11.3 Å². The van der Waals surface area contributed by atoms with Crippen molar-refractivity contribution < 1.29 is 9.35 Å². The van der Waals surface area contributed by atoms with E-state index in [9.17, 15) is 9.35 Å². The molecule has 2 heterocycles. The lowest BCUT2D eigenvalue weighted by atomic mass is 10.0. The summed E-state index contributed by atoms with van der Waals surface area (Å²) in [7, 11) is 0. The minimum Gasteiger partial charge on any atom is -0.611 e. The fourth-order valence-electron chi connectivity index (χ4n) is 2.10. The summed E-state index contributed by atoms with van der Waals surface area (Å²) in [5.74, 6) is 0.429. The van der Waals surface area contributed by atoms with E-state index in [2.05, 4.69) is 5.32 Å². The van der Waals surface area contributed by atoms with Crippen LogP contribution in [-0.2, 0) is 16.0 Å². The van der Waals surface area contributed by atoms with Crippen LogP contribution in [0, 0.1) is 0 Å². The van der Waals surface area contributed by atoms with Gasteiger partial charge in [-0.15, -0.1) is 0 Å². The Bertz CT molecular complexity index is 582. The summed E-state index contributed by atoms with van der Waals surface area (Å²) >= 11 is 5.33. The van der Waals surface area contributed by atoms with Gasteiger partial charge in [0.2, 0.25) is 0 Å². The van der Waals surface area contributed by atoms with Crippen LogP contribution in [0.25, 0.3) is 5.57 Å². The molecule has 18 heavy (non-hydrogen) atoms. The Morgan fingerprint density at radius 2 is 2.17 bits per heavy atom. The van der Waals surface area contributed by atoms with Gasteiger partial charge in [0.05, 0.1) is 4.91 Å². The van der Waals surface area contributed by atoms with Gasteiger partial charge in [-0.25, -0.2) is 0 Å². The largest absolute Gasteiger partial charge is 0.611 e. The maximum atomic E-state index is 11.9. The Kier molecular flexibility index (Phi) is 3.19. The third-order valence-corrected chi connectivity index (χ3v) is 5.58. The number of allylic oxidation sites excluding steroid dienone is 1. The van der Waals surface area contributed by atoms with Crippen LogP contribution in [0.3, 0.4) is 0 Å². The van der Waals surface area contributed by atoms with Gasteiger partial charge in [-0.2, -0.15) is 0 Å². The standard InChI is InChI=1S/C12H9NO2S3/c14-11-10(17-12(16)13-11)8-5-6-18(15)9-4-2-1-3-7(8)9/h1-4H,5-6H2,(H,13,14,16). The molecule has 1 atom stereocenters. The van der Waals surface area contributed by atoms with E-state index in [1.165, 1.54) is 11.8 Å². The minimum absolute atomic E-state index is 0.137. The number of hydrogen-bond donors (Lipinski definition) is 1. The van der Waals surface area contributed by atoms with Crippen molar-refractivity contribution in [2.24, 2.45) is 0 Å². The van der Waals surface area contributed by atoms with Gasteiger partial charge in [-0.3, -0.25) is 4.79 Å². The van der Waals surface area contributed by atoms with Gasteiger partial charge in [0.1, 0.15) is 10.1 Å². The zero-order chi connectivity index (χ0) is 12.7. The molecule has 0 spiro atoms. The first-order valence-electron chi connectivity index (χ1n) is 5.41. The summed E-state index contributed by atoms with van der Waals surface area (Å²) in [6.45, 7) is 0. The van der Waals surface area contributed by atoms with E-state index in [1.807, 2.05) is 24.3 Å². The van der Waals surface area contributed by atoms with Crippen molar-refractivity contribution in [3.05, 3.63) is 34.7 Å². The molecule has 1 unspecified atom stereocenters. The average molecular weight is 295 g/mol. The van der Waals surface area contributed by atoms with Crippen LogP contribution in [0.1, 0.15) is 12.0 Å². The van der Waals surface area contributed by atoms with Gasteiger partial charge < -0.3 is 9.87 Å². The number of rotatable bonds is 0. The van der Waals surface area contributed by atoms with Gasteiger partial charge in [0, 0.05) is 12.0 Å². The molecule has 1 amide bonds. The number of benzene rings is 1. The number of carbonyl (C=O) groups excluding carboxylic acids is 1. The van der Waals surface area contributed by atoms with Crippen molar-refractivity contribution in [1.29, 1.82) is 0 Å². The smallest absolute Gasteiger partial charge is 0.263 e. The predicted octanol–water partition coefficient (Wildman–Crippen LogP) is 2.06. The summed E-state index contributed by atoms with van der Waals surface area (Å²) in [6.07, 6.45) is 0.655. The van der Waals surface area contributed by atoms with E-state index < -0.39 is 11.2 Å². The Balaban J connectivity index is 2.16. The van der Waals surface area contributed by atoms with Crippen molar-refractivity contribution in [1.82, 2.24) is 5.32 Å². The number of fused-ring (bicyclic) bond motifs is 1. The Morgan fingerprint density at radius 3 is 2.89 bits per heavy atom. The number of thioether (sulfide) groups is 1. The first-order chi connectivity index (χ1) is 8.66.